The number of nitro benzene ring substituents is 1. The summed E-state index contributed by atoms with van der Waals surface area (Å²) in [5.41, 5.74) is -0.157. The number of amides is 1. The number of anilines is 1. The number of benzene rings is 2. The second kappa shape index (κ2) is 8.57. The van der Waals surface area contributed by atoms with Crippen LogP contribution in [-0.4, -0.2) is 37.1 Å². The predicted molar refractivity (Wildman–Crippen MR) is 95.7 cm³/mol. The van der Waals surface area contributed by atoms with Crippen LogP contribution in [0.2, 0.25) is 0 Å². The summed E-state index contributed by atoms with van der Waals surface area (Å²) in [6.07, 6.45) is 0. The van der Waals surface area contributed by atoms with Crippen molar-refractivity contribution in [1.29, 1.82) is 0 Å². The van der Waals surface area contributed by atoms with Crippen molar-refractivity contribution in [1.82, 2.24) is 0 Å². The quantitative estimate of drug-likeness (QED) is 0.420. The van der Waals surface area contributed by atoms with Gasteiger partial charge in [0.15, 0.2) is 21.7 Å². The predicted octanol–water partition coefficient (Wildman–Crippen LogP) is 2.08. The molecule has 148 valence electrons. The van der Waals surface area contributed by atoms with Crippen molar-refractivity contribution in [2.45, 2.75) is 17.1 Å². The summed E-state index contributed by atoms with van der Waals surface area (Å²) in [5, 5.41) is 11.3. The molecule has 2 rings (SSSR count). The summed E-state index contributed by atoms with van der Waals surface area (Å²) in [4.78, 5) is 33.4. The average Bonchev–Trinajstić information content (AvgIpc) is 2.65. The van der Waals surface area contributed by atoms with E-state index in [4.69, 9.17) is 4.74 Å². The first kappa shape index (κ1) is 21.0. The minimum atomic E-state index is -4.17. The van der Waals surface area contributed by atoms with Gasteiger partial charge in [-0.05, 0) is 37.3 Å². The zero-order chi connectivity index (χ0) is 20.9. The zero-order valence-electron chi connectivity index (χ0n) is 14.5. The van der Waals surface area contributed by atoms with Gasteiger partial charge in [0.1, 0.15) is 5.82 Å². The number of carbonyl (C=O) groups excluding carboxylic acids is 2. The number of nitrogens with zero attached hydrogens (tertiary/aromatic N) is 1. The molecule has 11 heteroatoms. The van der Waals surface area contributed by atoms with Gasteiger partial charge in [-0.25, -0.2) is 12.8 Å². The Hall–Kier alpha value is -3.34. The number of hydrogen-bond acceptors (Lipinski definition) is 7. The summed E-state index contributed by atoms with van der Waals surface area (Å²) < 4.78 is 42.6. The maximum absolute atomic E-state index is 13.1. The highest BCUT2D eigenvalue weighted by Crippen LogP contribution is 2.20. The summed E-state index contributed by atoms with van der Waals surface area (Å²) >= 11 is 0. The molecule has 1 amide bonds. The molecule has 0 heterocycles. The lowest BCUT2D eigenvalue weighted by Gasteiger charge is -2.13. The number of sulfone groups is 1. The van der Waals surface area contributed by atoms with Gasteiger partial charge in [0.2, 0.25) is 0 Å². The lowest BCUT2D eigenvalue weighted by atomic mass is 10.3. The third-order valence-corrected chi connectivity index (χ3v) is 5.68. The van der Waals surface area contributed by atoms with Gasteiger partial charge in [0, 0.05) is 17.8 Å². The van der Waals surface area contributed by atoms with E-state index in [2.05, 4.69) is 5.32 Å². The van der Waals surface area contributed by atoms with Crippen molar-refractivity contribution in [3.8, 4) is 0 Å². The van der Waals surface area contributed by atoms with E-state index in [1.807, 2.05) is 0 Å². The van der Waals surface area contributed by atoms with Crippen molar-refractivity contribution in [2.75, 3.05) is 11.9 Å². The van der Waals surface area contributed by atoms with E-state index in [1.165, 1.54) is 18.2 Å². The van der Waals surface area contributed by atoms with Crippen molar-refractivity contribution in [2.24, 2.45) is 0 Å². The fourth-order valence-electron chi connectivity index (χ4n) is 2.11. The van der Waals surface area contributed by atoms with Crippen LogP contribution < -0.4 is 5.32 Å². The summed E-state index contributed by atoms with van der Waals surface area (Å²) in [6.45, 7) is 0.305. The van der Waals surface area contributed by atoms with Gasteiger partial charge in [-0.3, -0.25) is 19.7 Å². The summed E-state index contributed by atoms with van der Waals surface area (Å²) in [6, 6.07) is 9.04. The number of non-ortho nitro benzene ring substituents is 1. The Labute approximate surface area is 159 Å². The highest BCUT2D eigenvalue weighted by atomic mass is 32.2. The zero-order valence-corrected chi connectivity index (χ0v) is 15.3. The molecule has 0 bridgehead atoms. The first-order valence-electron chi connectivity index (χ1n) is 7.81. The number of carbonyl (C=O) groups is 2. The van der Waals surface area contributed by atoms with Gasteiger partial charge in [0.25, 0.3) is 11.6 Å². The van der Waals surface area contributed by atoms with E-state index in [0.717, 1.165) is 37.3 Å². The SMILES string of the molecule is C[C@H](C(=O)OCC(=O)Nc1cccc(F)c1)S(=O)(=O)c1ccc([N+](=O)[O-])cc1. The number of halogens is 1. The van der Waals surface area contributed by atoms with Crippen molar-refractivity contribution in [3.05, 3.63) is 64.5 Å². The number of nitro groups is 1. The Kier molecular flexibility index (Phi) is 6.41. The normalized spacial score (nSPS) is 12.1. The third-order valence-electron chi connectivity index (χ3n) is 3.63. The van der Waals surface area contributed by atoms with E-state index in [1.54, 1.807) is 0 Å². The molecule has 1 N–H and O–H groups in total. The second-order valence-electron chi connectivity index (χ2n) is 5.60. The molecule has 28 heavy (non-hydrogen) atoms. The first-order chi connectivity index (χ1) is 13.1. The van der Waals surface area contributed by atoms with Crippen LogP contribution in [-0.2, 0) is 24.2 Å². The van der Waals surface area contributed by atoms with Gasteiger partial charge in [-0.15, -0.1) is 0 Å². The lowest BCUT2D eigenvalue weighted by molar-refractivity contribution is -0.384. The van der Waals surface area contributed by atoms with Crippen LogP contribution in [0.25, 0.3) is 0 Å². The van der Waals surface area contributed by atoms with E-state index in [0.29, 0.717) is 0 Å². The molecular formula is C17H15FN2O7S. The number of hydrogen-bond donors (Lipinski definition) is 1. The molecule has 0 aromatic heterocycles. The van der Waals surface area contributed by atoms with Gasteiger partial charge in [-0.2, -0.15) is 0 Å². The second-order valence-corrected chi connectivity index (χ2v) is 7.87. The highest BCUT2D eigenvalue weighted by molar-refractivity contribution is 7.92. The van der Waals surface area contributed by atoms with Crippen LogP contribution >= 0.6 is 0 Å². The highest BCUT2D eigenvalue weighted by Gasteiger charge is 2.31. The van der Waals surface area contributed by atoms with Crippen LogP contribution in [0.5, 0.6) is 0 Å². The Morgan fingerprint density at radius 1 is 1.21 bits per heavy atom. The Morgan fingerprint density at radius 3 is 2.43 bits per heavy atom. The van der Waals surface area contributed by atoms with E-state index < -0.39 is 44.3 Å². The van der Waals surface area contributed by atoms with Crippen LogP contribution in [0.3, 0.4) is 0 Å². The molecule has 0 saturated heterocycles. The van der Waals surface area contributed by atoms with Crippen LogP contribution in [0.1, 0.15) is 6.92 Å². The van der Waals surface area contributed by atoms with Crippen LogP contribution in [0.4, 0.5) is 15.8 Å². The monoisotopic (exact) mass is 410 g/mol. The molecule has 1 atom stereocenters. The maximum Gasteiger partial charge on any atom is 0.324 e. The number of ether oxygens (including phenoxy) is 1. The average molecular weight is 410 g/mol. The van der Waals surface area contributed by atoms with Gasteiger partial charge >= 0.3 is 5.97 Å². The molecule has 9 nitrogen and oxygen atoms in total. The topological polar surface area (TPSA) is 133 Å². The van der Waals surface area contributed by atoms with Gasteiger partial charge in [-0.1, -0.05) is 6.07 Å². The fraction of sp³-hybridized carbons (Fsp3) is 0.176. The van der Waals surface area contributed by atoms with Crippen LogP contribution in [0.15, 0.2) is 53.4 Å². The molecule has 0 saturated carbocycles. The molecular weight excluding hydrogens is 395 g/mol. The number of rotatable bonds is 7. The van der Waals surface area contributed by atoms with Crippen molar-refractivity contribution < 1.29 is 32.1 Å². The van der Waals surface area contributed by atoms with Crippen LogP contribution in [0, 0.1) is 15.9 Å². The molecule has 0 aliphatic heterocycles. The molecule has 0 radical (unpaired) electrons. The molecule has 0 spiro atoms. The summed E-state index contributed by atoms with van der Waals surface area (Å²) in [7, 11) is -4.17. The molecule has 0 fully saturated rings. The third kappa shape index (κ3) is 5.10. The molecule has 0 unspecified atom stereocenters. The largest absolute Gasteiger partial charge is 0.455 e. The Balaban J connectivity index is 1.98. The van der Waals surface area contributed by atoms with Gasteiger partial charge < -0.3 is 10.1 Å². The smallest absolute Gasteiger partial charge is 0.324 e. The van der Waals surface area contributed by atoms with Gasteiger partial charge in [0.05, 0.1) is 9.82 Å². The standard InChI is InChI=1S/C17H15FN2O7S/c1-11(28(25,26)15-7-5-14(6-8-15)20(23)24)17(22)27-10-16(21)19-13-4-2-3-12(18)9-13/h2-9,11H,10H2,1H3,(H,19,21)/t11-/m1/s1. The minimum Gasteiger partial charge on any atom is -0.455 e. The Morgan fingerprint density at radius 2 is 1.86 bits per heavy atom. The molecule has 0 aliphatic carbocycles. The lowest BCUT2D eigenvalue weighted by Crippen LogP contribution is -2.31. The Bertz CT molecular complexity index is 1010. The van der Waals surface area contributed by atoms with Crippen molar-refractivity contribution >= 4 is 33.1 Å². The first-order valence-corrected chi connectivity index (χ1v) is 9.36. The molecule has 2 aromatic carbocycles. The van der Waals surface area contributed by atoms with E-state index in [-0.39, 0.29) is 16.3 Å². The fourth-order valence-corrected chi connectivity index (χ4v) is 3.35. The summed E-state index contributed by atoms with van der Waals surface area (Å²) in [5.74, 6) is -2.52. The molecule has 0 aliphatic rings. The molecule has 2 aromatic rings. The van der Waals surface area contributed by atoms with E-state index in [9.17, 15) is 32.5 Å². The van der Waals surface area contributed by atoms with E-state index >= 15 is 0 Å². The van der Waals surface area contributed by atoms with Crippen molar-refractivity contribution in [3.63, 3.8) is 0 Å². The minimum absolute atomic E-state index is 0.146. The maximum atomic E-state index is 13.1. The number of esters is 1. The number of nitrogens with one attached hydrogen (secondary N) is 1.